The molecule has 0 aliphatic carbocycles. The van der Waals surface area contributed by atoms with Crippen LogP contribution in [-0.2, 0) is 0 Å². The molecule has 0 aromatic heterocycles. The number of rotatable bonds is 2. The van der Waals surface area contributed by atoms with Crippen LogP contribution in [0.2, 0.25) is 10.0 Å². The Bertz CT molecular complexity index is 958. The molecule has 146 valence electrons. The van der Waals surface area contributed by atoms with Crippen molar-refractivity contribution in [3.05, 3.63) is 57.6 Å². The van der Waals surface area contributed by atoms with E-state index in [-0.39, 0.29) is 5.91 Å². The summed E-state index contributed by atoms with van der Waals surface area (Å²) in [7, 11) is 1.47. The first-order valence-electron chi connectivity index (χ1n) is 8.75. The number of halogens is 2. The van der Waals surface area contributed by atoms with E-state index in [9.17, 15) is 9.90 Å². The number of carbonyl (C=O) groups excluding carboxylic acids is 1. The molecule has 1 aliphatic heterocycles. The minimum atomic E-state index is -1.15. The molecule has 7 heteroatoms. The minimum absolute atomic E-state index is 0.219. The Morgan fingerprint density at radius 1 is 1.25 bits per heavy atom. The van der Waals surface area contributed by atoms with E-state index >= 15 is 0 Å². The average Bonchev–Trinajstić information content (AvgIpc) is 2.68. The van der Waals surface area contributed by atoms with Gasteiger partial charge in [0.25, 0.3) is 5.91 Å². The van der Waals surface area contributed by atoms with Gasteiger partial charge in [0.15, 0.2) is 0 Å². The first-order valence-corrected chi connectivity index (χ1v) is 9.50. The topological polar surface area (TPSA) is 75.8 Å². The molecule has 0 radical (unpaired) electrons. The maximum atomic E-state index is 12.9. The molecule has 2 aromatic rings. The zero-order valence-electron chi connectivity index (χ0n) is 15.3. The summed E-state index contributed by atoms with van der Waals surface area (Å²) in [4.78, 5) is 14.5. The van der Waals surface area contributed by atoms with E-state index < -0.39 is 5.60 Å². The molecule has 1 heterocycles. The van der Waals surface area contributed by atoms with E-state index in [2.05, 4.69) is 11.8 Å². The smallest absolute Gasteiger partial charge is 0.257 e. The van der Waals surface area contributed by atoms with E-state index in [1.807, 2.05) is 12.1 Å². The summed E-state index contributed by atoms with van der Waals surface area (Å²) in [6.45, 7) is 0.732. The fourth-order valence-electron chi connectivity index (χ4n) is 3.03. The predicted molar refractivity (Wildman–Crippen MR) is 111 cm³/mol. The first kappa shape index (κ1) is 20.3. The number of anilines is 1. The van der Waals surface area contributed by atoms with Gasteiger partial charge in [-0.2, -0.15) is 0 Å². The summed E-state index contributed by atoms with van der Waals surface area (Å²) in [5.41, 5.74) is 6.05. The summed E-state index contributed by atoms with van der Waals surface area (Å²) in [6.07, 6.45) is 0.689. The van der Waals surface area contributed by atoms with Crippen LogP contribution in [0.15, 0.2) is 36.4 Å². The number of aliphatic hydroxyl groups is 1. The fourth-order valence-corrected chi connectivity index (χ4v) is 3.39. The highest BCUT2D eigenvalue weighted by molar-refractivity contribution is 6.33. The van der Waals surface area contributed by atoms with Gasteiger partial charge < -0.3 is 20.5 Å². The fraction of sp³-hybridized carbons (Fsp3) is 0.286. The average molecular weight is 419 g/mol. The van der Waals surface area contributed by atoms with Crippen molar-refractivity contribution in [3.63, 3.8) is 0 Å². The number of piperidine rings is 1. The lowest BCUT2D eigenvalue weighted by molar-refractivity contribution is 0.0247. The number of carbonyl (C=O) groups is 1. The van der Waals surface area contributed by atoms with E-state index in [4.69, 9.17) is 33.7 Å². The largest absolute Gasteiger partial charge is 0.496 e. The number of nitrogen functional groups attached to an aromatic ring is 1. The molecule has 1 fully saturated rings. The van der Waals surface area contributed by atoms with Crippen molar-refractivity contribution in [2.75, 3.05) is 25.9 Å². The van der Waals surface area contributed by atoms with E-state index in [1.165, 1.54) is 19.2 Å². The maximum Gasteiger partial charge on any atom is 0.257 e. The second-order valence-corrected chi connectivity index (χ2v) is 7.50. The molecule has 0 bridgehead atoms. The summed E-state index contributed by atoms with van der Waals surface area (Å²) in [6, 6.07) is 10.2. The highest BCUT2D eigenvalue weighted by atomic mass is 35.5. The lowest BCUT2D eigenvalue weighted by Crippen LogP contribution is -2.46. The Hall–Kier alpha value is -2.39. The summed E-state index contributed by atoms with van der Waals surface area (Å²) in [5.74, 6) is 6.04. The van der Waals surface area contributed by atoms with E-state index in [0.717, 1.165) is 5.56 Å². The Balaban J connectivity index is 1.72. The number of benzene rings is 2. The monoisotopic (exact) mass is 418 g/mol. The van der Waals surface area contributed by atoms with Gasteiger partial charge in [0, 0.05) is 42.6 Å². The number of likely N-dealkylation sites (tertiary alicyclic amines) is 1. The van der Waals surface area contributed by atoms with Crippen LogP contribution in [0.1, 0.15) is 28.8 Å². The van der Waals surface area contributed by atoms with Gasteiger partial charge in [-0.3, -0.25) is 4.79 Å². The Morgan fingerprint density at radius 2 is 1.96 bits per heavy atom. The lowest BCUT2D eigenvalue weighted by atomic mass is 9.91. The molecule has 3 N–H and O–H groups in total. The van der Waals surface area contributed by atoms with Crippen molar-refractivity contribution in [1.82, 2.24) is 4.90 Å². The molecule has 0 spiro atoms. The van der Waals surface area contributed by atoms with Crippen molar-refractivity contribution in [2.45, 2.75) is 18.4 Å². The van der Waals surface area contributed by atoms with Crippen molar-refractivity contribution < 1.29 is 14.6 Å². The van der Waals surface area contributed by atoms with Crippen LogP contribution >= 0.6 is 23.2 Å². The second kappa shape index (κ2) is 8.32. The number of nitrogens with zero attached hydrogens (tertiary/aromatic N) is 1. The third-order valence-electron chi connectivity index (χ3n) is 4.69. The SMILES string of the molecule is COc1cc(N)c(Cl)cc1C(=O)N1CCC(O)(C#Cc2cccc(Cl)c2)CC1. The predicted octanol–water partition coefficient (Wildman–Crippen LogP) is 3.60. The molecule has 28 heavy (non-hydrogen) atoms. The Kier molecular flexibility index (Phi) is 6.04. The third-order valence-corrected chi connectivity index (χ3v) is 5.25. The summed E-state index contributed by atoms with van der Waals surface area (Å²) in [5, 5.41) is 11.6. The molecular formula is C21H20Cl2N2O3. The molecule has 1 aliphatic rings. The minimum Gasteiger partial charge on any atom is -0.496 e. The standard InChI is InChI=1S/C21H20Cl2N2O3/c1-28-19-13-18(24)17(23)12-16(19)20(26)25-9-7-21(27,8-10-25)6-5-14-3-2-4-15(22)11-14/h2-4,11-13,27H,7-10,24H2,1H3. The molecule has 0 unspecified atom stereocenters. The molecule has 1 amide bonds. The van der Waals surface area contributed by atoms with E-state index in [1.54, 1.807) is 17.0 Å². The molecular weight excluding hydrogens is 399 g/mol. The van der Waals surface area contributed by atoms with Gasteiger partial charge in [0.1, 0.15) is 11.4 Å². The molecule has 1 saturated heterocycles. The van der Waals surface area contributed by atoms with Crippen molar-refractivity contribution >= 4 is 34.8 Å². The number of nitrogens with two attached hydrogens (primary N) is 1. The highest BCUT2D eigenvalue weighted by Gasteiger charge is 2.33. The molecule has 0 saturated carbocycles. The van der Waals surface area contributed by atoms with Crippen LogP contribution in [0.4, 0.5) is 5.69 Å². The Labute approximate surface area is 174 Å². The van der Waals surface area contributed by atoms with Crippen LogP contribution in [0.5, 0.6) is 5.75 Å². The number of ether oxygens (including phenoxy) is 1. The van der Waals surface area contributed by atoms with Crippen LogP contribution in [0, 0.1) is 11.8 Å². The van der Waals surface area contributed by atoms with Crippen molar-refractivity contribution in [1.29, 1.82) is 0 Å². The molecule has 2 aromatic carbocycles. The normalized spacial score (nSPS) is 15.5. The lowest BCUT2D eigenvalue weighted by Gasteiger charge is -2.35. The van der Waals surface area contributed by atoms with Gasteiger partial charge in [0.05, 0.1) is 23.4 Å². The van der Waals surface area contributed by atoms with Crippen LogP contribution < -0.4 is 10.5 Å². The summed E-state index contributed by atoms with van der Waals surface area (Å²) < 4.78 is 5.26. The van der Waals surface area contributed by atoms with Crippen LogP contribution in [0.25, 0.3) is 0 Å². The number of hydrogen-bond donors (Lipinski definition) is 2. The molecule has 0 atom stereocenters. The molecule has 5 nitrogen and oxygen atoms in total. The first-order chi connectivity index (χ1) is 13.3. The number of hydrogen-bond acceptors (Lipinski definition) is 4. The zero-order chi connectivity index (χ0) is 20.3. The highest BCUT2D eigenvalue weighted by Crippen LogP contribution is 2.31. The van der Waals surface area contributed by atoms with Crippen LogP contribution in [-0.4, -0.2) is 41.7 Å². The number of amides is 1. The van der Waals surface area contributed by atoms with Gasteiger partial charge in [-0.05, 0) is 24.3 Å². The Morgan fingerprint density at radius 3 is 2.61 bits per heavy atom. The molecule has 3 rings (SSSR count). The van der Waals surface area contributed by atoms with Crippen molar-refractivity contribution in [3.8, 4) is 17.6 Å². The van der Waals surface area contributed by atoms with Crippen LogP contribution in [0.3, 0.4) is 0 Å². The number of methoxy groups -OCH3 is 1. The second-order valence-electron chi connectivity index (χ2n) is 6.66. The third kappa shape index (κ3) is 4.53. The van der Waals surface area contributed by atoms with Crippen molar-refractivity contribution in [2.24, 2.45) is 0 Å². The summed E-state index contributed by atoms with van der Waals surface area (Å²) >= 11 is 12.0. The van der Waals surface area contributed by atoms with E-state index in [0.29, 0.717) is 53.0 Å². The van der Waals surface area contributed by atoms with Gasteiger partial charge in [-0.15, -0.1) is 0 Å². The van der Waals surface area contributed by atoms with Gasteiger partial charge in [-0.25, -0.2) is 0 Å². The van der Waals surface area contributed by atoms with Gasteiger partial charge >= 0.3 is 0 Å². The maximum absolute atomic E-state index is 12.9. The van der Waals surface area contributed by atoms with Gasteiger partial charge in [0.2, 0.25) is 0 Å². The zero-order valence-corrected chi connectivity index (χ0v) is 16.8. The quantitative estimate of drug-likeness (QED) is 0.576. The van der Waals surface area contributed by atoms with Gasteiger partial charge in [-0.1, -0.05) is 41.1 Å².